The van der Waals surface area contributed by atoms with Crippen LogP contribution in [0.4, 0.5) is 0 Å². The Bertz CT molecular complexity index is 304. The molecule has 3 heteroatoms. The second kappa shape index (κ2) is 5.40. The summed E-state index contributed by atoms with van der Waals surface area (Å²) < 4.78 is 0. The predicted molar refractivity (Wildman–Crippen MR) is 73.6 cm³/mol. The van der Waals surface area contributed by atoms with E-state index in [1.54, 1.807) is 0 Å². The molecule has 0 saturated heterocycles. The molecule has 3 rings (SSSR count). The molecule has 0 N–H and O–H groups in total. The van der Waals surface area contributed by atoms with E-state index in [-0.39, 0.29) is 0 Å². The summed E-state index contributed by atoms with van der Waals surface area (Å²) in [6, 6.07) is 0.488. The Hall–Kier alpha value is -0.240. The van der Waals surface area contributed by atoms with Crippen LogP contribution in [-0.4, -0.2) is 29.3 Å². The molecule has 0 radical (unpaired) electrons. The maximum absolute atomic E-state index is 12.7. The third-order valence-corrected chi connectivity index (χ3v) is 5.39. The Balaban J connectivity index is 1.62. The molecule has 102 valence electrons. The average Bonchev–Trinajstić information content (AvgIpc) is 3.03. The Labute approximate surface area is 115 Å². The van der Waals surface area contributed by atoms with Gasteiger partial charge in [0.15, 0.2) is 0 Å². The quantitative estimate of drug-likeness (QED) is 0.716. The monoisotopic (exact) mass is 269 g/mol. The smallest absolute Gasteiger partial charge is 0.225 e. The van der Waals surface area contributed by atoms with Crippen LogP contribution in [0.5, 0.6) is 0 Å². The zero-order valence-corrected chi connectivity index (χ0v) is 11.9. The van der Waals surface area contributed by atoms with Gasteiger partial charge in [-0.1, -0.05) is 19.3 Å². The first kappa shape index (κ1) is 12.8. The van der Waals surface area contributed by atoms with Crippen molar-refractivity contribution >= 4 is 17.5 Å². The summed E-state index contributed by atoms with van der Waals surface area (Å²) >= 11 is 5.91. The number of fused-ring (bicyclic) bond motifs is 1. The average molecular weight is 270 g/mol. The van der Waals surface area contributed by atoms with Gasteiger partial charge in [-0.3, -0.25) is 4.79 Å². The van der Waals surface area contributed by atoms with Crippen LogP contribution in [0.1, 0.15) is 51.4 Å². The van der Waals surface area contributed by atoms with E-state index >= 15 is 0 Å². The lowest BCUT2D eigenvalue weighted by Crippen LogP contribution is -2.45. The molecular weight excluding hydrogens is 246 g/mol. The predicted octanol–water partition coefficient (Wildman–Crippen LogP) is 3.43. The van der Waals surface area contributed by atoms with Crippen molar-refractivity contribution in [1.82, 2.24) is 4.90 Å². The number of alkyl halides is 1. The van der Waals surface area contributed by atoms with Gasteiger partial charge in [0.05, 0.1) is 0 Å². The third kappa shape index (κ3) is 2.54. The second-order valence-electron chi connectivity index (χ2n) is 6.44. The van der Waals surface area contributed by atoms with Crippen molar-refractivity contribution in [2.75, 3.05) is 12.4 Å². The Kier molecular flexibility index (Phi) is 3.83. The fourth-order valence-corrected chi connectivity index (χ4v) is 4.29. The van der Waals surface area contributed by atoms with E-state index in [1.165, 1.54) is 38.5 Å². The van der Waals surface area contributed by atoms with Crippen molar-refractivity contribution in [3.63, 3.8) is 0 Å². The summed E-state index contributed by atoms with van der Waals surface area (Å²) in [4.78, 5) is 14.8. The second-order valence-corrected chi connectivity index (χ2v) is 6.81. The fourth-order valence-electron chi connectivity index (χ4n) is 4.11. The third-order valence-electron chi connectivity index (χ3n) is 5.22. The van der Waals surface area contributed by atoms with Gasteiger partial charge in [0.2, 0.25) is 5.91 Å². The van der Waals surface area contributed by atoms with Crippen molar-refractivity contribution in [2.45, 2.75) is 57.4 Å². The summed E-state index contributed by atoms with van der Waals surface area (Å²) in [5, 5.41) is 0. The minimum Gasteiger partial charge on any atom is -0.338 e. The molecule has 0 aliphatic heterocycles. The lowest BCUT2D eigenvalue weighted by molar-refractivity contribution is -0.138. The minimum atomic E-state index is 0.332. The number of amides is 1. The van der Waals surface area contributed by atoms with Crippen LogP contribution in [0.2, 0.25) is 0 Å². The van der Waals surface area contributed by atoms with Gasteiger partial charge in [0.1, 0.15) is 0 Å². The molecule has 2 nitrogen and oxygen atoms in total. The van der Waals surface area contributed by atoms with E-state index in [1.807, 2.05) is 0 Å². The Morgan fingerprint density at radius 2 is 1.72 bits per heavy atom. The van der Waals surface area contributed by atoms with E-state index in [0.29, 0.717) is 23.7 Å². The van der Waals surface area contributed by atoms with E-state index in [9.17, 15) is 4.79 Å². The molecule has 2 unspecified atom stereocenters. The largest absolute Gasteiger partial charge is 0.338 e. The number of carbonyl (C=O) groups is 1. The van der Waals surface area contributed by atoms with Crippen molar-refractivity contribution in [2.24, 2.45) is 17.8 Å². The number of carbonyl (C=O) groups excluding carboxylic acids is 1. The molecule has 0 bridgehead atoms. The zero-order valence-electron chi connectivity index (χ0n) is 11.1. The highest BCUT2D eigenvalue weighted by Gasteiger charge is 2.49. The first-order valence-corrected chi connectivity index (χ1v) is 8.19. The molecule has 0 aromatic rings. The molecule has 3 aliphatic rings. The van der Waals surface area contributed by atoms with E-state index in [2.05, 4.69) is 4.90 Å². The van der Waals surface area contributed by atoms with Crippen LogP contribution >= 0.6 is 11.6 Å². The summed E-state index contributed by atoms with van der Waals surface area (Å²) in [7, 11) is 0. The molecule has 18 heavy (non-hydrogen) atoms. The van der Waals surface area contributed by atoms with Crippen LogP contribution in [0.3, 0.4) is 0 Å². The first-order chi connectivity index (χ1) is 8.79. The molecular formula is C15H24ClNO. The molecule has 0 aromatic carbocycles. The van der Waals surface area contributed by atoms with Crippen LogP contribution in [0.25, 0.3) is 0 Å². The summed E-state index contributed by atoms with van der Waals surface area (Å²) in [6.07, 6.45) is 10.0. The molecule has 3 saturated carbocycles. The van der Waals surface area contributed by atoms with Crippen molar-refractivity contribution in [1.29, 1.82) is 0 Å². The number of hydrogen-bond acceptors (Lipinski definition) is 1. The van der Waals surface area contributed by atoms with Crippen LogP contribution < -0.4 is 0 Å². The topological polar surface area (TPSA) is 20.3 Å². The Morgan fingerprint density at radius 1 is 1.06 bits per heavy atom. The number of halogens is 1. The van der Waals surface area contributed by atoms with Crippen LogP contribution in [0.15, 0.2) is 0 Å². The molecule has 0 heterocycles. The standard InChI is InChI=1S/C15H24ClNO/c16-6-7-17(14-4-2-1-3-5-14)15(18)13-9-11-8-12(11)10-13/h11-14H,1-10H2. The summed E-state index contributed by atoms with van der Waals surface area (Å²) in [5.74, 6) is 3.13. The molecule has 0 spiro atoms. The van der Waals surface area contributed by atoms with Gasteiger partial charge in [-0.25, -0.2) is 0 Å². The molecule has 0 aromatic heterocycles. The SMILES string of the molecule is O=C(C1CC2CC2C1)N(CCCl)C1CCCCC1. The highest BCUT2D eigenvalue weighted by Crippen LogP contribution is 2.54. The zero-order chi connectivity index (χ0) is 12.5. The number of hydrogen-bond donors (Lipinski definition) is 0. The van der Waals surface area contributed by atoms with Crippen LogP contribution in [-0.2, 0) is 4.79 Å². The molecule has 3 aliphatic carbocycles. The molecule has 2 atom stereocenters. The Morgan fingerprint density at radius 3 is 2.33 bits per heavy atom. The van der Waals surface area contributed by atoms with Gasteiger partial charge in [-0.2, -0.15) is 0 Å². The number of nitrogens with zero attached hydrogens (tertiary/aromatic N) is 1. The highest BCUT2D eigenvalue weighted by molar-refractivity contribution is 6.18. The van der Waals surface area contributed by atoms with Gasteiger partial charge in [-0.15, -0.1) is 11.6 Å². The minimum absolute atomic E-state index is 0.332. The lowest BCUT2D eigenvalue weighted by atomic mass is 9.92. The van der Waals surface area contributed by atoms with Gasteiger partial charge < -0.3 is 4.90 Å². The fraction of sp³-hybridized carbons (Fsp3) is 0.933. The van der Waals surface area contributed by atoms with Crippen molar-refractivity contribution in [3.8, 4) is 0 Å². The lowest BCUT2D eigenvalue weighted by Gasteiger charge is -2.36. The molecule has 3 fully saturated rings. The first-order valence-electron chi connectivity index (χ1n) is 7.66. The highest BCUT2D eigenvalue weighted by atomic mass is 35.5. The number of rotatable bonds is 4. The summed E-state index contributed by atoms with van der Waals surface area (Å²) in [5.41, 5.74) is 0. The molecule has 1 amide bonds. The van der Waals surface area contributed by atoms with Gasteiger partial charge in [-0.05, 0) is 43.9 Å². The maximum Gasteiger partial charge on any atom is 0.225 e. The van der Waals surface area contributed by atoms with Crippen molar-refractivity contribution in [3.05, 3.63) is 0 Å². The van der Waals surface area contributed by atoms with E-state index in [4.69, 9.17) is 11.6 Å². The van der Waals surface area contributed by atoms with Gasteiger partial charge >= 0.3 is 0 Å². The maximum atomic E-state index is 12.7. The van der Waals surface area contributed by atoms with E-state index in [0.717, 1.165) is 31.2 Å². The normalized spacial score (nSPS) is 35.3. The summed E-state index contributed by atoms with van der Waals surface area (Å²) in [6.45, 7) is 0.761. The van der Waals surface area contributed by atoms with Crippen LogP contribution in [0, 0.1) is 17.8 Å². The van der Waals surface area contributed by atoms with E-state index < -0.39 is 0 Å². The van der Waals surface area contributed by atoms with Gasteiger partial charge in [0, 0.05) is 24.4 Å². The van der Waals surface area contributed by atoms with Gasteiger partial charge in [0.25, 0.3) is 0 Å². The van der Waals surface area contributed by atoms with Crippen molar-refractivity contribution < 1.29 is 4.79 Å².